The number of fused-ring (bicyclic) bond motifs is 1. The second kappa shape index (κ2) is 5.27. The molecule has 18 heavy (non-hydrogen) atoms. The maximum absolute atomic E-state index is 11.0. The first-order valence-corrected chi connectivity index (χ1v) is 5.44. The fourth-order valence-corrected chi connectivity index (χ4v) is 1.57. The molecule has 0 amide bonds. The van der Waals surface area contributed by atoms with E-state index in [2.05, 4.69) is 14.7 Å². The molecule has 0 atom stereocenters. The number of anilines is 1. The summed E-state index contributed by atoms with van der Waals surface area (Å²) in [7, 11) is 1.37. The normalized spacial score (nSPS) is 10.9. The maximum atomic E-state index is 11.0. The average molecular weight is 243 g/mol. The van der Waals surface area contributed by atoms with E-state index < -0.39 is 0 Å². The van der Waals surface area contributed by atoms with E-state index >= 15 is 0 Å². The van der Waals surface area contributed by atoms with E-state index in [9.17, 15) is 4.79 Å². The fourth-order valence-electron chi connectivity index (χ4n) is 1.57. The number of esters is 1. The summed E-state index contributed by atoms with van der Waals surface area (Å²) in [5.41, 5.74) is 7.51. The molecule has 0 saturated heterocycles. The summed E-state index contributed by atoms with van der Waals surface area (Å²) in [6.07, 6.45) is 5.26. The van der Waals surface area contributed by atoms with E-state index in [0.29, 0.717) is 5.82 Å². The lowest BCUT2D eigenvalue weighted by Gasteiger charge is -2.01. The number of carbonyl (C=O) groups is 1. The first kappa shape index (κ1) is 12.0. The van der Waals surface area contributed by atoms with Crippen molar-refractivity contribution in [3.63, 3.8) is 0 Å². The minimum absolute atomic E-state index is 0.245. The summed E-state index contributed by atoms with van der Waals surface area (Å²) in [4.78, 5) is 19.0. The number of nitrogen functional groups attached to an aromatic ring is 1. The van der Waals surface area contributed by atoms with Crippen molar-refractivity contribution in [1.29, 1.82) is 0 Å². The van der Waals surface area contributed by atoms with E-state index in [1.807, 2.05) is 24.3 Å². The molecule has 0 aliphatic rings. The Balaban J connectivity index is 2.25. The van der Waals surface area contributed by atoms with Crippen LogP contribution < -0.4 is 5.73 Å². The predicted molar refractivity (Wildman–Crippen MR) is 69.6 cm³/mol. The summed E-state index contributed by atoms with van der Waals surface area (Å²) < 4.78 is 4.55. The Hall–Kier alpha value is -2.43. The zero-order valence-corrected chi connectivity index (χ0v) is 9.96. The molecule has 1 aromatic carbocycles. The smallest absolute Gasteiger partial charge is 0.309 e. The molecular formula is C13H13N3O2. The zero-order chi connectivity index (χ0) is 13.0. The van der Waals surface area contributed by atoms with Crippen molar-refractivity contribution in [2.24, 2.45) is 0 Å². The van der Waals surface area contributed by atoms with Crippen molar-refractivity contribution < 1.29 is 9.53 Å². The molecule has 2 rings (SSSR count). The lowest BCUT2D eigenvalue weighted by Crippen LogP contribution is -1.96. The summed E-state index contributed by atoms with van der Waals surface area (Å²) in [5, 5.41) is 0.803. The number of nitrogens with two attached hydrogens (primary N) is 1. The van der Waals surface area contributed by atoms with Gasteiger partial charge in [0.15, 0.2) is 0 Å². The molecule has 0 saturated carbocycles. The predicted octanol–water partition coefficient (Wildman–Crippen LogP) is 1.79. The summed E-state index contributed by atoms with van der Waals surface area (Å²) >= 11 is 0. The average Bonchev–Trinajstić information content (AvgIpc) is 2.39. The van der Waals surface area contributed by atoms with E-state index in [0.717, 1.165) is 16.5 Å². The highest BCUT2D eigenvalue weighted by atomic mass is 16.5. The van der Waals surface area contributed by atoms with Gasteiger partial charge in [0.1, 0.15) is 12.1 Å². The van der Waals surface area contributed by atoms with Gasteiger partial charge in [-0.05, 0) is 17.7 Å². The van der Waals surface area contributed by atoms with Gasteiger partial charge in [-0.3, -0.25) is 4.79 Å². The van der Waals surface area contributed by atoms with Gasteiger partial charge in [0, 0.05) is 5.39 Å². The Kier molecular flexibility index (Phi) is 3.52. The first-order valence-electron chi connectivity index (χ1n) is 5.44. The van der Waals surface area contributed by atoms with Crippen molar-refractivity contribution in [2.75, 3.05) is 12.8 Å². The molecule has 1 heterocycles. The highest BCUT2D eigenvalue weighted by Crippen LogP contribution is 2.18. The van der Waals surface area contributed by atoms with Crippen LogP contribution in [0.25, 0.3) is 17.0 Å². The van der Waals surface area contributed by atoms with Gasteiger partial charge in [-0.2, -0.15) is 0 Å². The van der Waals surface area contributed by atoms with Gasteiger partial charge < -0.3 is 10.5 Å². The Morgan fingerprint density at radius 3 is 3.06 bits per heavy atom. The summed E-state index contributed by atoms with van der Waals surface area (Å²) in [6.45, 7) is 0. The third kappa shape index (κ3) is 2.63. The third-order valence-electron chi connectivity index (χ3n) is 2.51. The molecule has 5 heteroatoms. The van der Waals surface area contributed by atoms with E-state index in [1.54, 1.807) is 6.08 Å². The number of methoxy groups -OCH3 is 1. The second-order valence-electron chi connectivity index (χ2n) is 3.72. The highest BCUT2D eigenvalue weighted by molar-refractivity contribution is 5.89. The minimum atomic E-state index is -0.269. The molecular weight excluding hydrogens is 230 g/mol. The Morgan fingerprint density at radius 1 is 1.44 bits per heavy atom. The van der Waals surface area contributed by atoms with Gasteiger partial charge in [-0.15, -0.1) is 0 Å². The maximum Gasteiger partial charge on any atom is 0.309 e. The summed E-state index contributed by atoms with van der Waals surface area (Å²) in [5.74, 6) is 0.179. The fraction of sp³-hybridized carbons (Fsp3) is 0.154. The molecule has 0 bridgehead atoms. The zero-order valence-electron chi connectivity index (χ0n) is 9.96. The number of hydrogen-bond acceptors (Lipinski definition) is 5. The van der Waals surface area contributed by atoms with Crippen LogP contribution in [0.2, 0.25) is 0 Å². The Labute approximate surface area is 104 Å². The number of benzene rings is 1. The van der Waals surface area contributed by atoms with E-state index in [-0.39, 0.29) is 12.4 Å². The second-order valence-corrected chi connectivity index (χ2v) is 3.72. The lowest BCUT2D eigenvalue weighted by atomic mass is 10.1. The van der Waals surface area contributed by atoms with Crippen LogP contribution in [0.3, 0.4) is 0 Å². The molecule has 92 valence electrons. The van der Waals surface area contributed by atoms with Crippen molar-refractivity contribution >= 4 is 28.8 Å². The van der Waals surface area contributed by atoms with Gasteiger partial charge >= 0.3 is 5.97 Å². The quantitative estimate of drug-likeness (QED) is 0.831. The van der Waals surface area contributed by atoms with Crippen LogP contribution in [-0.4, -0.2) is 23.0 Å². The molecule has 0 aliphatic heterocycles. The molecule has 0 fully saturated rings. The number of hydrogen-bond donors (Lipinski definition) is 1. The van der Waals surface area contributed by atoms with Crippen LogP contribution in [0.1, 0.15) is 12.0 Å². The molecule has 5 nitrogen and oxygen atoms in total. The summed E-state index contributed by atoms with van der Waals surface area (Å²) in [6, 6.07) is 5.66. The largest absolute Gasteiger partial charge is 0.469 e. The molecule has 0 radical (unpaired) electrons. The van der Waals surface area contributed by atoms with Crippen molar-refractivity contribution in [1.82, 2.24) is 9.97 Å². The van der Waals surface area contributed by atoms with Crippen LogP contribution in [0, 0.1) is 0 Å². The standard InChI is InChI=1S/C13H13N3O2/c1-18-12(17)4-2-3-9-5-6-11-10(7-9)13(14)16-8-15-11/h2-3,5-8H,4H2,1H3,(H2,14,15,16). The minimum Gasteiger partial charge on any atom is -0.469 e. The van der Waals surface area contributed by atoms with Crippen molar-refractivity contribution in [2.45, 2.75) is 6.42 Å². The molecule has 0 aliphatic carbocycles. The van der Waals surface area contributed by atoms with Crippen molar-refractivity contribution in [3.8, 4) is 0 Å². The van der Waals surface area contributed by atoms with Gasteiger partial charge in [0.25, 0.3) is 0 Å². The topological polar surface area (TPSA) is 78.1 Å². The molecule has 0 spiro atoms. The number of nitrogens with zero attached hydrogens (tertiary/aromatic N) is 2. The number of ether oxygens (including phenoxy) is 1. The van der Waals surface area contributed by atoms with Gasteiger partial charge in [0.2, 0.25) is 0 Å². The van der Waals surface area contributed by atoms with Gasteiger partial charge in [-0.25, -0.2) is 9.97 Å². The number of aromatic nitrogens is 2. The Morgan fingerprint density at radius 2 is 2.28 bits per heavy atom. The monoisotopic (exact) mass is 243 g/mol. The molecule has 2 aromatic rings. The highest BCUT2D eigenvalue weighted by Gasteiger charge is 2.00. The van der Waals surface area contributed by atoms with E-state index in [1.165, 1.54) is 13.4 Å². The molecule has 0 unspecified atom stereocenters. The van der Waals surface area contributed by atoms with Crippen LogP contribution in [0.5, 0.6) is 0 Å². The van der Waals surface area contributed by atoms with Gasteiger partial charge in [-0.1, -0.05) is 18.2 Å². The lowest BCUT2D eigenvalue weighted by molar-refractivity contribution is -0.139. The van der Waals surface area contributed by atoms with E-state index in [4.69, 9.17) is 5.73 Å². The van der Waals surface area contributed by atoms with Crippen LogP contribution in [0.15, 0.2) is 30.6 Å². The van der Waals surface area contributed by atoms with Crippen molar-refractivity contribution in [3.05, 3.63) is 36.2 Å². The van der Waals surface area contributed by atoms with Crippen LogP contribution >= 0.6 is 0 Å². The third-order valence-corrected chi connectivity index (χ3v) is 2.51. The SMILES string of the molecule is COC(=O)CC=Cc1ccc2ncnc(N)c2c1. The molecule has 1 aromatic heterocycles. The number of rotatable bonds is 3. The molecule has 2 N–H and O–H groups in total. The van der Waals surface area contributed by atoms with Gasteiger partial charge in [0.05, 0.1) is 19.0 Å². The van der Waals surface area contributed by atoms with Crippen LogP contribution in [-0.2, 0) is 9.53 Å². The number of carbonyl (C=O) groups excluding carboxylic acids is 1. The Bertz CT molecular complexity index is 608. The van der Waals surface area contributed by atoms with Crippen LogP contribution in [0.4, 0.5) is 5.82 Å². The first-order chi connectivity index (χ1) is 8.70.